The molecular weight excluding hydrogens is 264 g/mol. The Balaban J connectivity index is 2.29. The Bertz CT molecular complexity index is 624. The predicted molar refractivity (Wildman–Crippen MR) is 62.3 cm³/mol. The highest BCUT2D eigenvalue weighted by Crippen LogP contribution is 2.17. The Kier molecular flexibility index (Phi) is 2.96. The molecule has 0 bridgehead atoms. The van der Waals surface area contributed by atoms with Gasteiger partial charge in [-0.3, -0.25) is 9.36 Å². The van der Waals surface area contributed by atoms with Crippen LogP contribution in [0, 0.1) is 0 Å². The SMILES string of the molecule is Cn1cc(S(=O)(=O)Cc2cc(Cl)n(C)n2)cn1. The molecule has 0 atom stereocenters. The molecule has 0 radical (unpaired) electrons. The van der Waals surface area contributed by atoms with Crippen molar-refractivity contribution in [2.75, 3.05) is 0 Å². The molecule has 2 heterocycles. The van der Waals surface area contributed by atoms with Gasteiger partial charge in [0.15, 0.2) is 9.84 Å². The van der Waals surface area contributed by atoms with E-state index in [1.807, 2.05) is 0 Å². The summed E-state index contributed by atoms with van der Waals surface area (Å²) in [5.41, 5.74) is 0.418. The largest absolute Gasteiger partial charge is 0.274 e. The van der Waals surface area contributed by atoms with Gasteiger partial charge in [-0.2, -0.15) is 10.2 Å². The van der Waals surface area contributed by atoms with E-state index in [2.05, 4.69) is 10.2 Å². The average Bonchev–Trinajstić information content (AvgIpc) is 2.75. The number of aromatic nitrogens is 4. The zero-order valence-corrected chi connectivity index (χ0v) is 10.9. The first kappa shape index (κ1) is 12.1. The van der Waals surface area contributed by atoms with Crippen molar-refractivity contribution in [3.63, 3.8) is 0 Å². The van der Waals surface area contributed by atoms with Crippen LogP contribution in [0.2, 0.25) is 5.15 Å². The van der Waals surface area contributed by atoms with Crippen LogP contribution in [-0.4, -0.2) is 28.0 Å². The lowest BCUT2D eigenvalue weighted by Gasteiger charge is -1.97. The van der Waals surface area contributed by atoms with Crippen LogP contribution in [0.3, 0.4) is 0 Å². The zero-order chi connectivity index (χ0) is 12.6. The lowest BCUT2D eigenvalue weighted by atomic mass is 10.5. The average molecular weight is 275 g/mol. The summed E-state index contributed by atoms with van der Waals surface area (Å²) in [5, 5.41) is 8.24. The molecule has 0 saturated heterocycles. The lowest BCUT2D eigenvalue weighted by Crippen LogP contribution is -2.05. The molecule has 0 spiro atoms. The van der Waals surface area contributed by atoms with Gasteiger partial charge in [-0.15, -0.1) is 0 Å². The van der Waals surface area contributed by atoms with E-state index < -0.39 is 9.84 Å². The molecule has 0 unspecified atom stereocenters. The Morgan fingerprint density at radius 2 is 2.12 bits per heavy atom. The van der Waals surface area contributed by atoms with Gasteiger partial charge in [-0.25, -0.2) is 8.42 Å². The monoisotopic (exact) mass is 274 g/mol. The molecule has 0 aliphatic rings. The Hall–Kier alpha value is -1.34. The van der Waals surface area contributed by atoms with Gasteiger partial charge in [0, 0.05) is 20.3 Å². The predicted octanol–water partition coefficient (Wildman–Crippen LogP) is 0.781. The van der Waals surface area contributed by atoms with Crippen LogP contribution in [0.5, 0.6) is 0 Å². The van der Waals surface area contributed by atoms with Crippen LogP contribution in [0.4, 0.5) is 0 Å². The fourth-order valence-corrected chi connectivity index (χ4v) is 2.79. The maximum atomic E-state index is 12.0. The molecule has 17 heavy (non-hydrogen) atoms. The van der Waals surface area contributed by atoms with Gasteiger partial charge in [0.25, 0.3) is 0 Å². The Morgan fingerprint density at radius 1 is 1.41 bits per heavy atom. The normalized spacial score (nSPS) is 11.9. The zero-order valence-electron chi connectivity index (χ0n) is 9.33. The van der Waals surface area contributed by atoms with Crippen molar-refractivity contribution in [3.8, 4) is 0 Å². The number of rotatable bonds is 3. The van der Waals surface area contributed by atoms with Crippen LogP contribution < -0.4 is 0 Å². The van der Waals surface area contributed by atoms with Gasteiger partial charge in [0.2, 0.25) is 0 Å². The minimum atomic E-state index is -3.41. The molecule has 0 aliphatic carbocycles. The second kappa shape index (κ2) is 4.15. The van der Waals surface area contributed by atoms with Crippen molar-refractivity contribution in [2.24, 2.45) is 14.1 Å². The summed E-state index contributed by atoms with van der Waals surface area (Å²) in [6.45, 7) is 0. The van der Waals surface area contributed by atoms with E-state index in [1.54, 1.807) is 14.1 Å². The van der Waals surface area contributed by atoms with E-state index in [0.717, 1.165) is 0 Å². The van der Waals surface area contributed by atoms with E-state index >= 15 is 0 Å². The molecule has 0 saturated carbocycles. The van der Waals surface area contributed by atoms with Crippen LogP contribution in [-0.2, 0) is 29.7 Å². The van der Waals surface area contributed by atoms with Gasteiger partial charge in [-0.1, -0.05) is 11.6 Å². The van der Waals surface area contributed by atoms with Crippen molar-refractivity contribution in [3.05, 3.63) is 29.3 Å². The third kappa shape index (κ3) is 2.50. The summed E-state index contributed by atoms with van der Waals surface area (Å²) in [6, 6.07) is 1.54. The van der Waals surface area contributed by atoms with Gasteiger partial charge in [0.1, 0.15) is 10.0 Å². The highest BCUT2D eigenvalue weighted by molar-refractivity contribution is 7.90. The number of aryl methyl sites for hydroxylation is 2. The van der Waals surface area contributed by atoms with Crippen LogP contribution in [0.1, 0.15) is 5.69 Å². The highest BCUT2D eigenvalue weighted by atomic mass is 35.5. The first-order chi connectivity index (χ1) is 7.88. The molecule has 0 amide bonds. The van der Waals surface area contributed by atoms with Crippen molar-refractivity contribution < 1.29 is 8.42 Å². The number of sulfone groups is 1. The summed E-state index contributed by atoms with van der Waals surface area (Å²) in [4.78, 5) is 0.182. The van der Waals surface area contributed by atoms with Crippen molar-refractivity contribution in [1.82, 2.24) is 19.6 Å². The second-order valence-electron chi connectivity index (χ2n) is 3.69. The Morgan fingerprint density at radius 3 is 2.59 bits per heavy atom. The first-order valence-corrected chi connectivity index (χ1v) is 6.81. The van der Waals surface area contributed by atoms with E-state index in [1.165, 1.54) is 27.8 Å². The maximum Gasteiger partial charge on any atom is 0.187 e. The molecule has 0 aliphatic heterocycles. The summed E-state index contributed by atoms with van der Waals surface area (Å²) in [7, 11) is -0.0951. The highest BCUT2D eigenvalue weighted by Gasteiger charge is 2.19. The fourth-order valence-electron chi connectivity index (χ4n) is 1.41. The maximum absolute atomic E-state index is 12.0. The van der Waals surface area contributed by atoms with Crippen LogP contribution in [0.15, 0.2) is 23.4 Å². The molecule has 6 nitrogen and oxygen atoms in total. The van der Waals surface area contributed by atoms with Gasteiger partial charge < -0.3 is 0 Å². The number of nitrogens with zero attached hydrogens (tertiary/aromatic N) is 4. The molecule has 2 aromatic rings. The third-order valence-electron chi connectivity index (χ3n) is 2.25. The number of hydrogen-bond donors (Lipinski definition) is 0. The lowest BCUT2D eigenvalue weighted by molar-refractivity contribution is 0.593. The smallest absolute Gasteiger partial charge is 0.187 e. The minimum Gasteiger partial charge on any atom is -0.274 e. The number of hydrogen-bond acceptors (Lipinski definition) is 4. The van der Waals surface area contributed by atoms with Crippen LogP contribution >= 0.6 is 11.6 Å². The number of halogens is 1. The van der Waals surface area contributed by atoms with Gasteiger partial charge in [-0.05, 0) is 6.07 Å². The van der Waals surface area contributed by atoms with Gasteiger partial charge >= 0.3 is 0 Å². The molecule has 0 aromatic carbocycles. The van der Waals surface area contributed by atoms with Crippen molar-refractivity contribution in [2.45, 2.75) is 10.6 Å². The molecular formula is C9H11ClN4O2S. The molecule has 8 heteroatoms. The fraction of sp³-hybridized carbons (Fsp3) is 0.333. The standard InChI is InChI=1S/C9H11ClN4O2S/c1-13-5-8(4-11-13)17(15,16)6-7-3-9(10)14(2)12-7/h3-5H,6H2,1-2H3. The Labute approximate surface area is 104 Å². The summed E-state index contributed by atoms with van der Waals surface area (Å²) >= 11 is 5.80. The van der Waals surface area contributed by atoms with Crippen molar-refractivity contribution in [1.29, 1.82) is 0 Å². The van der Waals surface area contributed by atoms with E-state index in [4.69, 9.17) is 11.6 Å². The first-order valence-electron chi connectivity index (χ1n) is 4.78. The second-order valence-corrected chi connectivity index (χ2v) is 6.07. The third-order valence-corrected chi connectivity index (χ3v) is 4.21. The topological polar surface area (TPSA) is 69.8 Å². The van der Waals surface area contributed by atoms with Crippen molar-refractivity contribution >= 4 is 21.4 Å². The molecule has 2 rings (SSSR count). The summed E-state index contributed by atoms with van der Waals surface area (Å²) in [5.74, 6) is -0.181. The quantitative estimate of drug-likeness (QED) is 0.829. The van der Waals surface area contributed by atoms with Crippen LogP contribution in [0.25, 0.3) is 0 Å². The van der Waals surface area contributed by atoms with Gasteiger partial charge in [0.05, 0.1) is 17.6 Å². The minimum absolute atomic E-state index is 0.181. The molecule has 0 N–H and O–H groups in total. The molecule has 92 valence electrons. The molecule has 2 aromatic heterocycles. The van der Waals surface area contributed by atoms with E-state index in [-0.39, 0.29) is 10.6 Å². The van der Waals surface area contributed by atoms with E-state index in [9.17, 15) is 8.42 Å². The van der Waals surface area contributed by atoms with E-state index in [0.29, 0.717) is 10.8 Å². The molecule has 0 fully saturated rings. The summed E-state index contributed by atoms with van der Waals surface area (Å²) < 4.78 is 26.8. The summed E-state index contributed by atoms with van der Waals surface area (Å²) in [6.07, 6.45) is 2.78.